The zero-order chi connectivity index (χ0) is 13.2. The number of amides is 1. The van der Waals surface area contributed by atoms with E-state index in [0.717, 1.165) is 36.3 Å². The summed E-state index contributed by atoms with van der Waals surface area (Å²) in [5, 5.41) is 2.95. The third-order valence-corrected chi connectivity index (χ3v) is 3.70. The Kier molecular flexibility index (Phi) is 3.29. The maximum absolute atomic E-state index is 11.7. The molecule has 1 saturated carbocycles. The van der Waals surface area contributed by atoms with Gasteiger partial charge in [-0.2, -0.15) is 0 Å². The lowest BCUT2D eigenvalue weighted by Gasteiger charge is -2.31. The molecule has 5 nitrogen and oxygen atoms in total. The molecule has 19 heavy (non-hydrogen) atoms. The fourth-order valence-electron chi connectivity index (χ4n) is 2.45. The molecule has 3 rings (SSSR count). The van der Waals surface area contributed by atoms with Crippen molar-refractivity contribution in [3.8, 4) is 11.5 Å². The van der Waals surface area contributed by atoms with Crippen molar-refractivity contribution < 1.29 is 14.3 Å². The molecule has 5 heteroatoms. The van der Waals surface area contributed by atoms with Gasteiger partial charge < -0.3 is 20.5 Å². The molecule has 0 aromatic heterocycles. The van der Waals surface area contributed by atoms with Crippen molar-refractivity contribution in [2.75, 3.05) is 13.3 Å². The summed E-state index contributed by atoms with van der Waals surface area (Å²) in [5.74, 6) is 1.82. The molecule has 0 unspecified atom stereocenters. The molecule has 0 bridgehead atoms. The van der Waals surface area contributed by atoms with E-state index in [0.29, 0.717) is 6.54 Å². The van der Waals surface area contributed by atoms with Crippen molar-refractivity contribution in [1.82, 2.24) is 5.32 Å². The lowest BCUT2D eigenvalue weighted by Crippen LogP contribution is -2.45. The molecule has 0 radical (unpaired) electrons. The van der Waals surface area contributed by atoms with Crippen molar-refractivity contribution in [2.45, 2.75) is 25.3 Å². The third kappa shape index (κ3) is 2.66. The molecular weight excluding hydrogens is 244 g/mol. The number of hydrogen-bond acceptors (Lipinski definition) is 4. The summed E-state index contributed by atoms with van der Waals surface area (Å²) in [5.41, 5.74) is 6.81. The van der Waals surface area contributed by atoms with Crippen LogP contribution in [0.2, 0.25) is 0 Å². The minimum Gasteiger partial charge on any atom is -0.454 e. The number of ether oxygens (including phenoxy) is 2. The molecule has 0 atom stereocenters. The first-order valence-corrected chi connectivity index (χ1v) is 6.64. The number of carbonyl (C=O) groups excluding carboxylic acids is 1. The SMILES string of the molecule is NC1CC(C(=O)NCCc2ccc3c(c2)OCO3)C1. The average Bonchev–Trinajstić information content (AvgIpc) is 2.82. The number of benzene rings is 1. The van der Waals surface area contributed by atoms with Crippen molar-refractivity contribution in [3.05, 3.63) is 23.8 Å². The number of rotatable bonds is 4. The van der Waals surface area contributed by atoms with Gasteiger partial charge >= 0.3 is 0 Å². The summed E-state index contributed by atoms with van der Waals surface area (Å²) in [7, 11) is 0. The standard InChI is InChI=1S/C14H18N2O3/c15-11-6-10(7-11)14(17)16-4-3-9-1-2-12-13(5-9)19-8-18-12/h1-2,5,10-11H,3-4,6-8,15H2,(H,16,17). The third-order valence-electron chi connectivity index (χ3n) is 3.70. The number of hydrogen-bond donors (Lipinski definition) is 2. The topological polar surface area (TPSA) is 73.6 Å². The highest BCUT2D eigenvalue weighted by molar-refractivity contribution is 5.79. The van der Waals surface area contributed by atoms with Gasteiger partial charge in [0, 0.05) is 18.5 Å². The van der Waals surface area contributed by atoms with Crippen molar-refractivity contribution in [2.24, 2.45) is 11.7 Å². The van der Waals surface area contributed by atoms with E-state index in [2.05, 4.69) is 5.32 Å². The van der Waals surface area contributed by atoms with Gasteiger partial charge in [0.1, 0.15) is 0 Å². The number of fused-ring (bicyclic) bond motifs is 1. The fourth-order valence-corrected chi connectivity index (χ4v) is 2.45. The molecule has 1 heterocycles. The Bertz CT molecular complexity index is 484. The molecule has 1 amide bonds. The highest BCUT2D eigenvalue weighted by atomic mass is 16.7. The van der Waals surface area contributed by atoms with Crippen LogP contribution < -0.4 is 20.5 Å². The van der Waals surface area contributed by atoms with Gasteiger partial charge in [-0.05, 0) is 37.0 Å². The molecular formula is C14H18N2O3. The monoisotopic (exact) mass is 262 g/mol. The second-order valence-electron chi connectivity index (χ2n) is 5.16. The lowest BCUT2D eigenvalue weighted by atomic mass is 9.80. The van der Waals surface area contributed by atoms with Gasteiger partial charge in [-0.3, -0.25) is 4.79 Å². The van der Waals surface area contributed by atoms with Crippen LogP contribution in [-0.4, -0.2) is 25.3 Å². The van der Waals surface area contributed by atoms with E-state index in [1.54, 1.807) is 0 Å². The summed E-state index contributed by atoms with van der Waals surface area (Å²) >= 11 is 0. The molecule has 0 saturated heterocycles. The first kappa shape index (κ1) is 12.3. The van der Waals surface area contributed by atoms with E-state index in [1.807, 2.05) is 18.2 Å². The van der Waals surface area contributed by atoms with E-state index < -0.39 is 0 Å². The van der Waals surface area contributed by atoms with Gasteiger partial charge in [0.25, 0.3) is 0 Å². The van der Waals surface area contributed by atoms with Gasteiger partial charge in [0.2, 0.25) is 12.7 Å². The van der Waals surface area contributed by atoms with Crippen LogP contribution in [-0.2, 0) is 11.2 Å². The Hall–Kier alpha value is -1.75. The van der Waals surface area contributed by atoms with Crippen LogP contribution in [0.3, 0.4) is 0 Å². The van der Waals surface area contributed by atoms with Crippen LogP contribution in [0.25, 0.3) is 0 Å². The number of nitrogens with one attached hydrogen (secondary N) is 1. The molecule has 1 aliphatic heterocycles. The van der Waals surface area contributed by atoms with Crippen LogP contribution in [0.4, 0.5) is 0 Å². The fraction of sp³-hybridized carbons (Fsp3) is 0.500. The van der Waals surface area contributed by atoms with Crippen LogP contribution in [0.5, 0.6) is 11.5 Å². The van der Waals surface area contributed by atoms with Crippen LogP contribution in [0, 0.1) is 5.92 Å². The first-order valence-electron chi connectivity index (χ1n) is 6.64. The van der Waals surface area contributed by atoms with E-state index in [-0.39, 0.29) is 24.7 Å². The second kappa shape index (κ2) is 5.09. The molecule has 3 N–H and O–H groups in total. The Morgan fingerprint density at radius 2 is 2.11 bits per heavy atom. The Morgan fingerprint density at radius 3 is 2.89 bits per heavy atom. The summed E-state index contributed by atoms with van der Waals surface area (Å²) in [4.78, 5) is 11.7. The van der Waals surface area contributed by atoms with E-state index in [4.69, 9.17) is 15.2 Å². The zero-order valence-electron chi connectivity index (χ0n) is 10.7. The average molecular weight is 262 g/mol. The number of carbonyl (C=O) groups is 1. The van der Waals surface area contributed by atoms with Gasteiger partial charge in [-0.1, -0.05) is 6.07 Å². The van der Waals surface area contributed by atoms with Gasteiger partial charge in [-0.25, -0.2) is 0 Å². The smallest absolute Gasteiger partial charge is 0.231 e. The highest BCUT2D eigenvalue weighted by Gasteiger charge is 2.31. The van der Waals surface area contributed by atoms with E-state index >= 15 is 0 Å². The molecule has 0 spiro atoms. The van der Waals surface area contributed by atoms with Crippen molar-refractivity contribution >= 4 is 5.91 Å². The largest absolute Gasteiger partial charge is 0.454 e. The zero-order valence-corrected chi connectivity index (χ0v) is 10.7. The minimum absolute atomic E-state index is 0.117. The molecule has 1 aliphatic carbocycles. The van der Waals surface area contributed by atoms with Gasteiger partial charge in [0.15, 0.2) is 11.5 Å². The maximum Gasteiger partial charge on any atom is 0.231 e. The summed E-state index contributed by atoms with van der Waals surface area (Å²) < 4.78 is 10.6. The number of nitrogens with two attached hydrogens (primary N) is 1. The van der Waals surface area contributed by atoms with Gasteiger partial charge in [0.05, 0.1) is 0 Å². The highest BCUT2D eigenvalue weighted by Crippen LogP contribution is 2.32. The second-order valence-corrected chi connectivity index (χ2v) is 5.16. The summed E-state index contributed by atoms with van der Waals surface area (Å²) in [6.45, 7) is 0.932. The first-order chi connectivity index (χ1) is 9.22. The predicted molar refractivity (Wildman–Crippen MR) is 70.0 cm³/mol. The summed E-state index contributed by atoms with van der Waals surface area (Å²) in [6.07, 6.45) is 2.42. The predicted octanol–water partition coefficient (Wildman–Crippen LogP) is 0.811. The quantitative estimate of drug-likeness (QED) is 0.842. The lowest BCUT2D eigenvalue weighted by molar-refractivity contribution is -0.127. The molecule has 1 aromatic carbocycles. The van der Waals surface area contributed by atoms with E-state index in [9.17, 15) is 4.79 Å². The Labute approximate surface area is 112 Å². The summed E-state index contributed by atoms with van der Waals surface area (Å²) in [6, 6.07) is 6.08. The van der Waals surface area contributed by atoms with Gasteiger partial charge in [-0.15, -0.1) is 0 Å². The Balaban J connectivity index is 1.46. The van der Waals surface area contributed by atoms with E-state index in [1.165, 1.54) is 0 Å². The van der Waals surface area contributed by atoms with Crippen LogP contribution in [0.1, 0.15) is 18.4 Å². The normalized spacial score (nSPS) is 23.8. The molecule has 1 fully saturated rings. The maximum atomic E-state index is 11.7. The van der Waals surface area contributed by atoms with Crippen LogP contribution in [0.15, 0.2) is 18.2 Å². The Morgan fingerprint density at radius 1 is 1.32 bits per heavy atom. The van der Waals surface area contributed by atoms with Crippen LogP contribution >= 0.6 is 0 Å². The molecule has 102 valence electrons. The van der Waals surface area contributed by atoms with Crippen molar-refractivity contribution in [1.29, 1.82) is 0 Å². The molecule has 1 aromatic rings. The van der Waals surface area contributed by atoms with Crippen molar-refractivity contribution in [3.63, 3.8) is 0 Å². The molecule has 2 aliphatic rings. The minimum atomic E-state index is 0.117.